The molecule has 0 aliphatic heterocycles. The van der Waals surface area contributed by atoms with Gasteiger partial charge >= 0.3 is 11.9 Å². The number of carbonyl (C=O) groups excluding carboxylic acids is 2. The standard InChI is InChI=1S/C42H78NO8P/c1-6-8-10-12-14-16-18-20-22-24-26-28-30-32-34-41(44)48-38-40(39-50-52(46,47)49-37-36-43(3,4)5)51-42(45)35-33-31-29-27-25-23-21-19-17-15-13-11-9-7-2/h13,15,18-21,40H,6-12,14,16-17,22-39H2,1-5H3/b15-13+,20-18+,21-19+/t40-/m1/s1. The van der Waals surface area contributed by atoms with Crippen molar-refractivity contribution in [2.24, 2.45) is 0 Å². The highest BCUT2D eigenvalue weighted by atomic mass is 31.2. The third-order valence-corrected chi connectivity index (χ3v) is 9.60. The summed E-state index contributed by atoms with van der Waals surface area (Å²) >= 11 is 0. The second-order valence-electron chi connectivity index (χ2n) is 15.0. The minimum Gasteiger partial charge on any atom is -0.756 e. The Morgan fingerprint density at radius 2 is 1.06 bits per heavy atom. The van der Waals surface area contributed by atoms with Crippen molar-refractivity contribution in [2.45, 2.75) is 174 Å². The first-order valence-electron chi connectivity index (χ1n) is 20.7. The summed E-state index contributed by atoms with van der Waals surface area (Å²) in [4.78, 5) is 37.4. The van der Waals surface area contributed by atoms with Gasteiger partial charge in [-0.05, 0) is 64.2 Å². The van der Waals surface area contributed by atoms with Gasteiger partial charge in [-0.2, -0.15) is 0 Å². The van der Waals surface area contributed by atoms with E-state index >= 15 is 0 Å². The molecular weight excluding hydrogens is 677 g/mol. The van der Waals surface area contributed by atoms with E-state index in [1.807, 2.05) is 21.1 Å². The normalized spacial score (nSPS) is 14.0. The molecule has 1 unspecified atom stereocenters. The van der Waals surface area contributed by atoms with E-state index in [9.17, 15) is 19.0 Å². The largest absolute Gasteiger partial charge is 0.756 e. The number of unbranched alkanes of at least 4 members (excludes halogenated alkanes) is 17. The van der Waals surface area contributed by atoms with Crippen molar-refractivity contribution in [1.82, 2.24) is 0 Å². The van der Waals surface area contributed by atoms with Gasteiger partial charge in [0.2, 0.25) is 0 Å². The summed E-state index contributed by atoms with van der Waals surface area (Å²) in [5.41, 5.74) is 0. The van der Waals surface area contributed by atoms with Crippen LogP contribution in [0.4, 0.5) is 0 Å². The first kappa shape index (κ1) is 50.2. The number of likely N-dealkylation sites (N-methyl/N-ethyl adjacent to an activating group) is 1. The zero-order chi connectivity index (χ0) is 38.6. The maximum Gasteiger partial charge on any atom is 0.306 e. The molecule has 0 rings (SSSR count). The SMILES string of the molecule is CCCC/C=C/C/C=C/CCCCCCCC(=O)O[C@H](COC(=O)CCCCCCC/C=C/CCCCCCC)COP(=O)([O-])OCC[N+](C)(C)C. The van der Waals surface area contributed by atoms with Crippen LogP contribution in [0, 0.1) is 0 Å². The number of carbonyl (C=O) groups is 2. The number of phosphoric ester groups is 1. The van der Waals surface area contributed by atoms with Crippen molar-refractivity contribution < 1.29 is 42.1 Å². The molecule has 0 spiro atoms. The molecule has 10 heteroatoms. The molecule has 2 atom stereocenters. The number of quaternary nitrogens is 1. The molecule has 0 heterocycles. The molecule has 52 heavy (non-hydrogen) atoms. The molecule has 0 saturated carbocycles. The Kier molecular flexibility index (Phi) is 33.8. The van der Waals surface area contributed by atoms with Gasteiger partial charge in [-0.3, -0.25) is 14.2 Å². The van der Waals surface area contributed by atoms with Crippen LogP contribution in [0.5, 0.6) is 0 Å². The van der Waals surface area contributed by atoms with Crippen molar-refractivity contribution in [1.29, 1.82) is 0 Å². The van der Waals surface area contributed by atoms with Crippen molar-refractivity contribution >= 4 is 19.8 Å². The quantitative estimate of drug-likeness (QED) is 0.0203. The topological polar surface area (TPSA) is 111 Å². The minimum atomic E-state index is -4.62. The summed E-state index contributed by atoms with van der Waals surface area (Å²) in [5.74, 6) is -0.862. The van der Waals surface area contributed by atoms with Crippen molar-refractivity contribution in [3.8, 4) is 0 Å². The van der Waals surface area contributed by atoms with Gasteiger partial charge in [0, 0.05) is 12.8 Å². The van der Waals surface area contributed by atoms with Crippen LogP contribution in [0.3, 0.4) is 0 Å². The number of allylic oxidation sites excluding steroid dienone is 6. The number of nitrogens with zero attached hydrogens (tertiary/aromatic N) is 1. The monoisotopic (exact) mass is 756 g/mol. The number of ether oxygens (including phenoxy) is 2. The van der Waals surface area contributed by atoms with Crippen molar-refractivity contribution in [3.63, 3.8) is 0 Å². The average Bonchev–Trinajstić information content (AvgIpc) is 3.09. The first-order chi connectivity index (χ1) is 25.0. The van der Waals surface area contributed by atoms with Gasteiger partial charge in [0.25, 0.3) is 7.82 Å². The van der Waals surface area contributed by atoms with Crippen LogP contribution in [0.1, 0.15) is 168 Å². The van der Waals surface area contributed by atoms with Crippen LogP contribution in [-0.2, 0) is 32.7 Å². The highest BCUT2D eigenvalue weighted by Gasteiger charge is 2.21. The predicted molar refractivity (Wildman–Crippen MR) is 213 cm³/mol. The van der Waals surface area contributed by atoms with E-state index in [-0.39, 0.29) is 26.1 Å². The second kappa shape index (κ2) is 35.0. The Balaban J connectivity index is 4.44. The number of hydrogen-bond donors (Lipinski definition) is 0. The third-order valence-electron chi connectivity index (χ3n) is 8.63. The molecule has 304 valence electrons. The molecule has 9 nitrogen and oxygen atoms in total. The Morgan fingerprint density at radius 1 is 0.596 bits per heavy atom. The molecule has 0 aliphatic rings. The van der Waals surface area contributed by atoms with Crippen LogP contribution in [0.25, 0.3) is 0 Å². The van der Waals surface area contributed by atoms with E-state index in [1.165, 1.54) is 51.4 Å². The zero-order valence-electron chi connectivity index (χ0n) is 34.0. The fourth-order valence-electron chi connectivity index (χ4n) is 5.31. The van der Waals surface area contributed by atoms with Crippen molar-refractivity contribution in [2.75, 3.05) is 47.5 Å². The molecule has 0 bridgehead atoms. The molecule has 0 N–H and O–H groups in total. The zero-order valence-corrected chi connectivity index (χ0v) is 34.9. The van der Waals surface area contributed by atoms with Crippen LogP contribution in [0.2, 0.25) is 0 Å². The van der Waals surface area contributed by atoms with Gasteiger partial charge in [0.15, 0.2) is 6.10 Å². The lowest BCUT2D eigenvalue weighted by atomic mass is 10.1. The van der Waals surface area contributed by atoms with E-state index in [1.54, 1.807) is 0 Å². The van der Waals surface area contributed by atoms with Crippen LogP contribution in [0.15, 0.2) is 36.5 Å². The summed E-state index contributed by atoms with van der Waals surface area (Å²) in [6, 6.07) is 0. The van der Waals surface area contributed by atoms with E-state index in [4.69, 9.17) is 18.5 Å². The Hall–Kier alpha value is -1.77. The lowest BCUT2D eigenvalue weighted by molar-refractivity contribution is -0.870. The second-order valence-corrected chi connectivity index (χ2v) is 16.4. The Labute approximate surface area is 319 Å². The van der Waals surface area contributed by atoms with Gasteiger partial charge in [0.05, 0.1) is 27.7 Å². The fraction of sp³-hybridized carbons (Fsp3) is 0.810. The van der Waals surface area contributed by atoms with E-state index < -0.39 is 32.5 Å². The van der Waals surface area contributed by atoms with Crippen LogP contribution < -0.4 is 4.89 Å². The minimum absolute atomic E-state index is 0.0353. The predicted octanol–water partition coefficient (Wildman–Crippen LogP) is 10.7. The van der Waals surface area contributed by atoms with Gasteiger partial charge < -0.3 is 27.9 Å². The number of rotatable bonds is 37. The Bertz CT molecular complexity index is 991. The molecular formula is C42H78NO8P. The van der Waals surface area contributed by atoms with Gasteiger partial charge in [-0.25, -0.2) is 0 Å². The lowest BCUT2D eigenvalue weighted by Crippen LogP contribution is -2.37. The van der Waals surface area contributed by atoms with Gasteiger partial charge in [0.1, 0.15) is 19.8 Å². The molecule has 0 aromatic heterocycles. The average molecular weight is 756 g/mol. The smallest absolute Gasteiger partial charge is 0.306 e. The van der Waals surface area contributed by atoms with Gasteiger partial charge in [-0.15, -0.1) is 0 Å². The van der Waals surface area contributed by atoms with Crippen molar-refractivity contribution in [3.05, 3.63) is 36.5 Å². The molecule has 0 aromatic carbocycles. The molecule has 0 saturated heterocycles. The summed E-state index contributed by atoms with van der Waals surface area (Å²) in [5, 5.41) is 0. The molecule has 0 fully saturated rings. The molecule has 0 aliphatic carbocycles. The first-order valence-corrected chi connectivity index (χ1v) is 22.2. The molecule has 0 radical (unpaired) electrons. The number of hydrogen-bond acceptors (Lipinski definition) is 8. The van der Waals surface area contributed by atoms with Gasteiger partial charge in [-0.1, -0.05) is 127 Å². The third kappa shape index (κ3) is 38.0. The Morgan fingerprint density at radius 3 is 1.60 bits per heavy atom. The fourth-order valence-corrected chi connectivity index (χ4v) is 6.04. The molecule has 0 aromatic rings. The van der Waals surface area contributed by atoms with E-state index in [2.05, 4.69) is 50.3 Å². The van der Waals surface area contributed by atoms with Crippen LogP contribution in [-0.4, -0.2) is 70.0 Å². The highest BCUT2D eigenvalue weighted by molar-refractivity contribution is 7.45. The highest BCUT2D eigenvalue weighted by Crippen LogP contribution is 2.38. The van der Waals surface area contributed by atoms with Crippen LogP contribution >= 0.6 is 7.82 Å². The summed E-state index contributed by atoms with van der Waals surface area (Å²) in [6.07, 6.45) is 37.3. The maximum atomic E-state index is 12.6. The summed E-state index contributed by atoms with van der Waals surface area (Å²) in [7, 11) is 1.15. The summed E-state index contributed by atoms with van der Waals surface area (Å²) in [6.45, 7) is 4.14. The van der Waals surface area contributed by atoms with E-state index in [0.29, 0.717) is 17.4 Å². The summed E-state index contributed by atoms with van der Waals surface area (Å²) < 4.78 is 33.8. The lowest BCUT2D eigenvalue weighted by Gasteiger charge is -2.28. The maximum absolute atomic E-state index is 12.6. The number of esters is 2. The van der Waals surface area contributed by atoms with E-state index in [0.717, 1.165) is 83.5 Å². The number of phosphoric acid groups is 1. The molecule has 0 amide bonds.